The third-order valence-electron chi connectivity index (χ3n) is 5.28. The maximum Gasteiger partial charge on any atom is 0.257 e. The number of hydrogen-bond donors (Lipinski definition) is 3. The van der Waals surface area contributed by atoms with E-state index in [4.69, 9.17) is 0 Å². The molecule has 9 heteroatoms. The van der Waals surface area contributed by atoms with Crippen LogP contribution in [0.25, 0.3) is 0 Å². The topological polar surface area (TPSA) is 104 Å². The number of benzene rings is 2. The van der Waals surface area contributed by atoms with Crippen LogP contribution in [-0.2, 0) is 15.3 Å². The van der Waals surface area contributed by atoms with E-state index in [1.165, 1.54) is 23.9 Å². The number of thioether (sulfide) groups is 1. The quantitative estimate of drug-likeness (QED) is 0.403. The van der Waals surface area contributed by atoms with Crippen molar-refractivity contribution < 1.29 is 14.0 Å². The number of amides is 2. The van der Waals surface area contributed by atoms with E-state index in [9.17, 15) is 18.8 Å². The van der Waals surface area contributed by atoms with Gasteiger partial charge in [-0.2, -0.15) is 0 Å². The van der Waals surface area contributed by atoms with E-state index in [-0.39, 0.29) is 28.8 Å². The van der Waals surface area contributed by atoms with Gasteiger partial charge < -0.3 is 15.6 Å². The zero-order chi connectivity index (χ0) is 22.8. The Hall–Kier alpha value is -3.46. The summed E-state index contributed by atoms with van der Waals surface area (Å²) >= 11 is 1.20. The Labute approximate surface area is 187 Å². The lowest BCUT2D eigenvalue weighted by Crippen LogP contribution is -2.36. The van der Waals surface area contributed by atoms with E-state index in [2.05, 4.69) is 20.6 Å². The highest BCUT2D eigenvalue weighted by Crippen LogP contribution is 2.31. The summed E-state index contributed by atoms with van der Waals surface area (Å²) in [5.41, 5.74) is 3.07. The Kier molecular flexibility index (Phi) is 6.09. The number of aromatic nitrogens is 2. The molecule has 0 spiro atoms. The minimum Gasteiger partial charge on any atom is -0.326 e. The van der Waals surface area contributed by atoms with E-state index >= 15 is 0 Å². The van der Waals surface area contributed by atoms with Gasteiger partial charge in [0, 0.05) is 17.9 Å². The largest absolute Gasteiger partial charge is 0.326 e. The minimum absolute atomic E-state index is 0.0759. The predicted molar refractivity (Wildman–Crippen MR) is 121 cm³/mol. The molecule has 0 unspecified atom stereocenters. The van der Waals surface area contributed by atoms with Crippen molar-refractivity contribution in [3.8, 4) is 0 Å². The number of H-pyrrole nitrogens is 1. The Bertz CT molecular complexity index is 1270. The first kappa shape index (κ1) is 21.8. The lowest BCUT2D eigenvalue weighted by molar-refractivity contribution is -0.123. The highest BCUT2D eigenvalue weighted by atomic mass is 32.2. The van der Waals surface area contributed by atoms with Gasteiger partial charge in [-0.15, -0.1) is 0 Å². The van der Waals surface area contributed by atoms with Crippen molar-refractivity contribution in [1.29, 1.82) is 0 Å². The van der Waals surface area contributed by atoms with Crippen molar-refractivity contribution in [2.45, 2.75) is 37.1 Å². The van der Waals surface area contributed by atoms with Gasteiger partial charge in [-0.05, 0) is 54.8 Å². The molecule has 0 radical (unpaired) electrons. The minimum atomic E-state index is -0.959. The molecule has 0 saturated carbocycles. The summed E-state index contributed by atoms with van der Waals surface area (Å²) in [6.45, 7) is 3.91. The van der Waals surface area contributed by atoms with Gasteiger partial charge in [0.25, 0.3) is 5.56 Å². The van der Waals surface area contributed by atoms with Gasteiger partial charge in [-0.3, -0.25) is 14.4 Å². The summed E-state index contributed by atoms with van der Waals surface area (Å²) in [6, 6.07) is 11.6. The highest BCUT2D eigenvalue weighted by Gasteiger charge is 2.34. The third-order valence-corrected chi connectivity index (χ3v) is 6.23. The number of rotatable bonds is 5. The number of fused-ring (bicyclic) bond motifs is 1. The number of nitrogens with one attached hydrogen (secondary N) is 3. The average molecular weight is 453 g/mol. The molecule has 7 nitrogen and oxygen atoms in total. The molecular formula is C23H21FN4O3S. The number of hydrogen-bond acceptors (Lipinski definition) is 5. The lowest BCUT2D eigenvalue weighted by Gasteiger charge is -2.23. The predicted octanol–water partition coefficient (Wildman–Crippen LogP) is 3.88. The molecule has 3 aromatic rings. The molecule has 4 rings (SSSR count). The highest BCUT2D eigenvalue weighted by molar-refractivity contribution is 7.98. The molecule has 2 amide bonds. The van der Waals surface area contributed by atoms with Crippen LogP contribution >= 0.6 is 11.8 Å². The lowest BCUT2D eigenvalue weighted by atomic mass is 9.92. The number of carbonyl (C=O) groups excluding carboxylic acids is 2. The maximum absolute atomic E-state index is 13.4. The standard InChI is InChI=1S/C23H21FN4O3S/c1-12-6-7-16(8-13(12)2)25-21(30)17-10-18(29)26-20-19(17)22(31)28-23(27-20)32-11-14-4-3-5-15(24)9-14/h3-9,17H,10-11H2,1-2H3,(H,25,30)(H2,26,27,28,29,31)/t17-/m0/s1. The van der Waals surface area contributed by atoms with E-state index in [1.54, 1.807) is 18.2 Å². The van der Waals surface area contributed by atoms with Crippen molar-refractivity contribution in [2.75, 3.05) is 10.6 Å². The van der Waals surface area contributed by atoms with Crippen LogP contribution in [0.5, 0.6) is 0 Å². The normalized spacial score (nSPS) is 15.1. The second-order valence-electron chi connectivity index (χ2n) is 7.65. The number of aromatic amines is 1. The van der Waals surface area contributed by atoms with E-state index < -0.39 is 23.3 Å². The summed E-state index contributed by atoms with van der Waals surface area (Å²) in [7, 11) is 0. The molecule has 1 aliphatic rings. The zero-order valence-electron chi connectivity index (χ0n) is 17.5. The number of halogens is 1. The van der Waals surface area contributed by atoms with E-state index in [1.807, 2.05) is 26.0 Å². The Morgan fingerprint density at radius 3 is 2.75 bits per heavy atom. The Balaban J connectivity index is 1.57. The molecule has 0 aliphatic carbocycles. The van der Waals surface area contributed by atoms with Crippen molar-refractivity contribution in [1.82, 2.24) is 9.97 Å². The molecule has 32 heavy (non-hydrogen) atoms. The van der Waals surface area contributed by atoms with Gasteiger partial charge in [0.2, 0.25) is 11.8 Å². The van der Waals surface area contributed by atoms with Crippen molar-refractivity contribution in [3.63, 3.8) is 0 Å². The third kappa shape index (κ3) is 4.72. The van der Waals surface area contributed by atoms with Crippen LogP contribution in [0.4, 0.5) is 15.9 Å². The summed E-state index contributed by atoms with van der Waals surface area (Å²) in [5, 5.41) is 5.66. The summed E-state index contributed by atoms with van der Waals surface area (Å²) in [6.07, 6.45) is -0.149. The second-order valence-corrected chi connectivity index (χ2v) is 8.61. The first-order chi connectivity index (χ1) is 15.3. The average Bonchev–Trinajstić information content (AvgIpc) is 2.74. The fraction of sp³-hybridized carbons (Fsp3) is 0.217. The molecule has 3 N–H and O–H groups in total. The fourth-order valence-corrected chi connectivity index (χ4v) is 4.27. The molecule has 164 valence electrons. The molecular weight excluding hydrogens is 431 g/mol. The van der Waals surface area contributed by atoms with Crippen LogP contribution in [0, 0.1) is 19.7 Å². The number of nitrogens with zero attached hydrogens (tertiary/aromatic N) is 1. The van der Waals surface area contributed by atoms with Crippen LogP contribution in [0.2, 0.25) is 0 Å². The SMILES string of the molecule is Cc1ccc(NC(=O)[C@H]2CC(=O)Nc3nc(SCc4cccc(F)c4)[nH]c(=O)c32)cc1C. The van der Waals surface area contributed by atoms with Crippen LogP contribution in [0.3, 0.4) is 0 Å². The number of anilines is 2. The molecule has 0 fully saturated rings. The Morgan fingerprint density at radius 1 is 1.19 bits per heavy atom. The van der Waals surface area contributed by atoms with Gasteiger partial charge in [0.15, 0.2) is 5.16 Å². The smallest absolute Gasteiger partial charge is 0.257 e. The van der Waals surface area contributed by atoms with Gasteiger partial charge in [-0.25, -0.2) is 9.37 Å². The van der Waals surface area contributed by atoms with Crippen molar-refractivity contribution >= 4 is 35.1 Å². The molecule has 2 aromatic carbocycles. The van der Waals surface area contributed by atoms with Crippen molar-refractivity contribution in [2.24, 2.45) is 0 Å². The molecule has 0 saturated heterocycles. The first-order valence-electron chi connectivity index (χ1n) is 9.99. The van der Waals surface area contributed by atoms with Crippen LogP contribution in [-0.4, -0.2) is 21.8 Å². The summed E-state index contributed by atoms with van der Waals surface area (Å²) in [4.78, 5) is 45.0. The van der Waals surface area contributed by atoms with Gasteiger partial charge in [-0.1, -0.05) is 30.0 Å². The van der Waals surface area contributed by atoms with Gasteiger partial charge >= 0.3 is 0 Å². The van der Waals surface area contributed by atoms with Crippen LogP contribution in [0.1, 0.15) is 34.6 Å². The molecule has 1 atom stereocenters. The summed E-state index contributed by atoms with van der Waals surface area (Å²) < 4.78 is 13.4. The molecule has 2 heterocycles. The van der Waals surface area contributed by atoms with E-state index in [0.717, 1.165) is 16.7 Å². The molecule has 1 aliphatic heterocycles. The second kappa shape index (κ2) is 8.96. The summed E-state index contributed by atoms with van der Waals surface area (Å²) in [5.74, 6) is -1.69. The Morgan fingerprint density at radius 2 is 2.00 bits per heavy atom. The van der Waals surface area contributed by atoms with Crippen LogP contribution in [0.15, 0.2) is 52.4 Å². The maximum atomic E-state index is 13.4. The zero-order valence-corrected chi connectivity index (χ0v) is 18.3. The van der Waals surface area contributed by atoms with E-state index in [0.29, 0.717) is 11.4 Å². The fourth-order valence-electron chi connectivity index (χ4n) is 3.47. The van der Waals surface area contributed by atoms with Crippen LogP contribution < -0.4 is 16.2 Å². The van der Waals surface area contributed by atoms with Crippen molar-refractivity contribution in [3.05, 3.63) is 80.9 Å². The molecule has 0 bridgehead atoms. The monoisotopic (exact) mass is 452 g/mol. The van der Waals surface area contributed by atoms with Gasteiger partial charge in [0.05, 0.1) is 11.5 Å². The van der Waals surface area contributed by atoms with Gasteiger partial charge in [0.1, 0.15) is 11.6 Å². The molecule has 1 aromatic heterocycles. The number of carbonyl (C=O) groups is 2. The number of aryl methyl sites for hydroxylation is 2. The first-order valence-corrected chi connectivity index (χ1v) is 11.0.